The second kappa shape index (κ2) is 18.6. The summed E-state index contributed by atoms with van der Waals surface area (Å²) >= 11 is 0. The number of halogens is 7. The predicted molar refractivity (Wildman–Crippen MR) is 174 cm³/mol. The van der Waals surface area contributed by atoms with Gasteiger partial charge < -0.3 is 35.2 Å². The lowest BCUT2D eigenvalue weighted by molar-refractivity contribution is -0.193. The highest BCUT2D eigenvalue weighted by Crippen LogP contribution is 2.38. The first-order valence-corrected chi connectivity index (χ1v) is 15.4. The van der Waals surface area contributed by atoms with E-state index in [9.17, 15) is 26.3 Å². The summed E-state index contributed by atoms with van der Waals surface area (Å²) in [7, 11) is 0. The summed E-state index contributed by atoms with van der Waals surface area (Å²) in [6, 6.07) is 16.5. The molecule has 0 spiro atoms. The highest BCUT2D eigenvalue weighted by Gasteiger charge is 2.39. The van der Waals surface area contributed by atoms with Crippen molar-refractivity contribution in [3.63, 3.8) is 0 Å². The Kier molecular flexibility index (Phi) is 15.3. The second-order valence-electron chi connectivity index (χ2n) is 11.0. The van der Waals surface area contributed by atoms with Crippen LogP contribution in [0.25, 0.3) is 0 Å². The van der Waals surface area contributed by atoms with E-state index in [1.54, 1.807) is 24.3 Å². The molecule has 18 heteroatoms. The van der Waals surface area contributed by atoms with Crippen molar-refractivity contribution >= 4 is 35.0 Å². The maximum atomic E-state index is 16.0. The number of aliphatic carboxylic acids is 2. The number of nitrogens with two attached hydrogens (primary N) is 1. The fourth-order valence-corrected chi connectivity index (χ4v) is 4.50. The van der Waals surface area contributed by atoms with Gasteiger partial charge >= 0.3 is 24.3 Å². The normalized spacial score (nSPS) is 12.9. The molecule has 3 aromatic rings. The number of rotatable bonds is 10. The third-order valence-electron chi connectivity index (χ3n) is 6.73. The van der Waals surface area contributed by atoms with Gasteiger partial charge in [-0.2, -0.15) is 26.3 Å². The summed E-state index contributed by atoms with van der Waals surface area (Å²) in [4.78, 5) is 26.9. The largest absolute Gasteiger partial charge is 0.494 e. The van der Waals surface area contributed by atoms with Crippen molar-refractivity contribution in [1.82, 2.24) is 4.98 Å². The molecule has 1 aliphatic heterocycles. The van der Waals surface area contributed by atoms with Crippen LogP contribution >= 0.6 is 0 Å². The fourth-order valence-electron chi connectivity index (χ4n) is 4.50. The number of pyridine rings is 1. The number of nitrogens with zero attached hydrogens (tertiary/aromatic N) is 3. The van der Waals surface area contributed by atoms with Crippen molar-refractivity contribution < 1.29 is 60.0 Å². The van der Waals surface area contributed by atoms with Gasteiger partial charge in [-0.25, -0.2) is 19.0 Å². The summed E-state index contributed by atoms with van der Waals surface area (Å²) in [6.45, 7) is 8.37. The maximum absolute atomic E-state index is 16.0. The van der Waals surface area contributed by atoms with Gasteiger partial charge in [0.15, 0.2) is 11.6 Å². The van der Waals surface area contributed by atoms with E-state index in [1.807, 2.05) is 56.0 Å². The number of alkyl halides is 6. The maximum Gasteiger partial charge on any atom is 0.490 e. The van der Waals surface area contributed by atoms with Gasteiger partial charge in [-0.15, -0.1) is 0 Å². The Hall–Kier alpha value is -5.29. The number of carboxylic acid groups (broad SMARTS) is 2. The van der Waals surface area contributed by atoms with Crippen LogP contribution in [0.15, 0.2) is 54.6 Å². The third kappa shape index (κ3) is 13.5. The molecular weight excluding hydrogens is 695 g/mol. The Bertz CT molecular complexity index is 1590. The van der Waals surface area contributed by atoms with E-state index in [0.29, 0.717) is 30.2 Å². The lowest BCUT2D eigenvalue weighted by Gasteiger charge is -2.29. The first-order chi connectivity index (χ1) is 23.7. The fraction of sp³-hybridized carbons (Fsp3) is 0.394. The Morgan fingerprint density at radius 3 is 1.98 bits per heavy atom. The van der Waals surface area contributed by atoms with Crippen LogP contribution in [-0.4, -0.2) is 71.1 Å². The number of hydrogen-bond acceptors (Lipinski definition) is 8. The molecule has 2 aromatic carbocycles. The van der Waals surface area contributed by atoms with Crippen molar-refractivity contribution in [2.45, 2.75) is 65.0 Å². The minimum atomic E-state index is -5.08. The number of hydrogen-bond donors (Lipinski definition) is 4. The van der Waals surface area contributed by atoms with Crippen molar-refractivity contribution in [3.05, 3.63) is 71.7 Å². The molecule has 4 rings (SSSR count). The second-order valence-corrected chi connectivity index (χ2v) is 11.0. The lowest BCUT2D eigenvalue weighted by atomic mass is 10.1. The Morgan fingerprint density at radius 1 is 0.961 bits per heavy atom. The van der Waals surface area contributed by atoms with Gasteiger partial charge in [-0.1, -0.05) is 6.07 Å². The first kappa shape index (κ1) is 41.9. The minimum Gasteiger partial charge on any atom is -0.494 e. The summed E-state index contributed by atoms with van der Waals surface area (Å²) in [6.07, 6.45) is -6.80. The van der Waals surface area contributed by atoms with E-state index in [1.165, 1.54) is 6.42 Å². The number of piperidine rings is 1. The monoisotopic (exact) mass is 733 g/mol. The zero-order chi connectivity index (χ0) is 38.5. The van der Waals surface area contributed by atoms with E-state index < -0.39 is 30.1 Å². The van der Waals surface area contributed by atoms with Crippen LogP contribution in [0.2, 0.25) is 0 Å². The van der Waals surface area contributed by atoms with Crippen LogP contribution in [0.5, 0.6) is 11.5 Å². The number of anilines is 3. The molecule has 0 bridgehead atoms. The molecule has 0 radical (unpaired) electrons. The van der Waals surface area contributed by atoms with E-state index in [2.05, 4.69) is 4.90 Å². The summed E-state index contributed by atoms with van der Waals surface area (Å²) in [5.41, 5.74) is 8.13. The van der Waals surface area contributed by atoms with Crippen LogP contribution in [0.1, 0.15) is 51.3 Å². The molecule has 280 valence electrons. The molecule has 5 N–H and O–H groups in total. The molecule has 11 nitrogen and oxygen atoms in total. The molecule has 1 saturated heterocycles. The molecule has 0 unspecified atom stereocenters. The van der Waals surface area contributed by atoms with Crippen LogP contribution in [0.3, 0.4) is 0 Å². The van der Waals surface area contributed by atoms with Crippen molar-refractivity contribution in [2.24, 2.45) is 5.73 Å². The first-order valence-electron chi connectivity index (χ1n) is 15.4. The van der Waals surface area contributed by atoms with Gasteiger partial charge in [-0.05, 0) is 76.4 Å². The predicted octanol–water partition coefficient (Wildman–Crippen LogP) is 7.29. The van der Waals surface area contributed by atoms with Gasteiger partial charge in [0, 0.05) is 36.5 Å². The topological polar surface area (TPSA) is 162 Å². The molecule has 0 aliphatic carbocycles. The van der Waals surface area contributed by atoms with Crippen molar-refractivity contribution in [3.8, 4) is 11.5 Å². The molecule has 0 atom stereocenters. The number of carboxylic acids is 2. The number of amidine groups is 1. The Morgan fingerprint density at radius 2 is 1.51 bits per heavy atom. The standard InChI is InChI=1S/C29H36FN5O2.2C2HF3O2/c1-4-36-24-17-25(28(30)26(18-24)37-20(2)3)35(23-13-11-21(12-14-23)29(31)32)19-22-9-8-10-27(33-22)34-15-6-5-7-16-34;2*3-2(4,5)1(6)7/h8-14,17-18,20H,4-7,15-16,19H2,1-3H3,(H3,31,32);2*(H,6,7). The quantitative estimate of drug-likeness (QED) is 0.0946. The van der Waals surface area contributed by atoms with Crippen LogP contribution in [-0.2, 0) is 16.1 Å². The number of benzene rings is 2. The zero-order valence-corrected chi connectivity index (χ0v) is 27.8. The molecule has 1 fully saturated rings. The number of nitrogens with one attached hydrogen (secondary N) is 1. The molecule has 1 aromatic heterocycles. The summed E-state index contributed by atoms with van der Waals surface area (Å²) in [5.74, 6) is -4.41. The Labute approximate surface area is 288 Å². The van der Waals surface area contributed by atoms with Crippen molar-refractivity contribution in [2.75, 3.05) is 29.5 Å². The van der Waals surface area contributed by atoms with Gasteiger partial charge in [0.1, 0.15) is 17.4 Å². The smallest absolute Gasteiger partial charge is 0.490 e. The van der Waals surface area contributed by atoms with E-state index in [4.69, 9.17) is 45.4 Å². The van der Waals surface area contributed by atoms with Gasteiger partial charge in [-0.3, -0.25) is 5.41 Å². The average molecular weight is 734 g/mol. The molecule has 51 heavy (non-hydrogen) atoms. The number of nitrogen functional groups attached to an aromatic ring is 1. The number of carbonyl (C=O) groups is 2. The van der Waals surface area contributed by atoms with Gasteiger partial charge in [0.2, 0.25) is 0 Å². The molecular formula is C33H38F7N5O6. The van der Waals surface area contributed by atoms with Crippen molar-refractivity contribution in [1.29, 1.82) is 5.41 Å². The van der Waals surface area contributed by atoms with Crippen LogP contribution in [0.4, 0.5) is 47.9 Å². The molecule has 0 saturated carbocycles. The third-order valence-corrected chi connectivity index (χ3v) is 6.73. The molecule has 2 heterocycles. The molecule has 0 amide bonds. The average Bonchev–Trinajstić information content (AvgIpc) is 3.05. The Balaban J connectivity index is 0.000000543. The van der Waals surface area contributed by atoms with E-state index in [-0.39, 0.29) is 17.7 Å². The molecule has 1 aliphatic rings. The van der Waals surface area contributed by atoms with Crippen LogP contribution < -0.4 is 25.0 Å². The summed E-state index contributed by atoms with van der Waals surface area (Å²) < 4.78 is 91.0. The van der Waals surface area contributed by atoms with Gasteiger partial charge in [0.05, 0.1) is 30.6 Å². The van der Waals surface area contributed by atoms with E-state index in [0.717, 1.165) is 43.1 Å². The SMILES string of the molecule is CCOc1cc(OC(C)C)c(F)c(N(Cc2cccc(N3CCCCC3)n2)c2ccc(C(=N)N)cc2)c1.O=C(O)C(F)(F)F.O=C(O)C(F)(F)F. The number of aromatic nitrogens is 1. The van der Waals surface area contributed by atoms with E-state index >= 15 is 4.39 Å². The lowest BCUT2D eigenvalue weighted by Crippen LogP contribution is -2.30. The number of ether oxygens (including phenoxy) is 2. The highest BCUT2D eigenvalue weighted by atomic mass is 19.4. The summed E-state index contributed by atoms with van der Waals surface area (Å²) in [5, 5.41) is 22.0. The van der Waals surface area contributed by atoms with Gasteiger partial charge in [0.25, 0.3) is 0 Å². The minimum absolute atomic E-state index is 0.0221. The highest BCUT2D eigenvalue weighted by molar-refractivity contribution is 5.95. The zero-order valence-electron chi connectivity index (χ0n) is 27.8. The van der Waals surface area contributed by atoms with Crippen LogP contribution in [0, 0.1) is 11.2 Å².